The summed E-state index contributed by atoms with van der Waals surface area (Å²) < 4.78 is 19.7. The molecule has 2 atom stereocenters. The number of aliphatic hydroxyl groups excluding tert-OH is 1. The summed E-state index contributed by atoms with van der Waals surface area (Å²) in [4.78, 5) is 0. The zero-order valence-corrected chi connectivity index (χ0v) is 20.5. The highest BCUT2D eigenvalue weighted by Gasteiger charge is 2.20. The number of hydrogen-bond donors (Lipinski definition) is 2. The van der Waals surface area contributed by atoms with Crippen LogP contribution in [0.4, 0.5) is 4.39 Å². The summed E-state index contributed by atoms with van der Waals surface area (Å²) in [6, 6.07) is 21.5. The predicted octanol–water partition coefficient (Wildman–Crippen LogP) is 6.50. The number of β-amino-alcohol motifs (C(OH)–C–C–N with tert-alkyl or cyclic N) is 1. The van der Waals surface area contributed by atoms with Gasteiger partial charge in [-0.15, -0.1) is 0 Å². The zero-order valence-electron chi connectivity index (χ0n) is 19.7. The van der Waals surface area contributed by atoms with Crippen LogP contribution < -0.4 is 5.32 Å². The Morgan fingerprint density at radius 1 is 1.06 bits per heavy atom. The molecule has 0 fully saturated rings. The molecule has 0 amide bonds. The maximum atomic E-state index is 13.7. The number of aliphatic hydroxyl groups is 1. The smallest absolute Gasteiger partial charge is 0.142 e. The molecule has 0 saturated heterocycles. The predicted molar refractivity (Wildman–Crippen MR) is 134 cm³/mol. The zero-order chi connectivity index (χ0) is 24.0. The first-order valence-corrected chi connectivity index (χ1v) is 11.7. The van der Waals surface area contributed by atoms with Gasteiger partial charge in [0, 0.05) is 12.1 Å². The molecule has 3 nitrogen and oxygen atoms in total. The molecule has 1 unspecified atom stereocenters. The highest BCUT2D eigenvalue weighted by atomic mass is 35.5. The molecule has 2 N–H and O–H groups in total. The first kappa shape index (κ1) is 25.4. The second kappa shape index (κ2) is 11.3. The van der Waals surface area contributed by atoms with Crippen molar-refractivity contribution in [3.63, 3.8) is 0 Å². The third kappa shape index (κ3) is 7.38. The first-order chi connectivity index (χ1) is 15.6. The third-order valence-electron chi connectivity index (χ3n) is 5.80. The van der Waals surface area contributed by atoms with Crippen molar-refractivity contribution in [3.05, 3.63) is 94.3 Å². The van der Waals surface area contributed by atoms with Crippen molar-refractivity contribution in [2.24, 2.45) is 0 Å². The Kier molecular flexibility index (Phi) is 8.66. The van der Waals surface area contributed by atoms with Crippen LogP contribution in [0.25, 0.3) is 11.1 Å². The maximum Gasteiger partial charge on any atom is 0.142 e. The highest BCUT2D eigenvalue weighted by Crippen LogP contribution is 2.27. The number of aryl methyl sites for hydroxylation is 1. The summed E-state index contributed by atoms with van der Waals surface area (Å²) in [5.74, 6) is -0.418. The fraction of sp³-hybridized carbons (Fsp3) is 0.357. The van der Waals surface area contributed by atoms with Gasteiger partial charge in [-0.3, -0.25) is 0 Å². The van der Waals surface area contributed by atoms with Gasteiger partial charge in [0.1, 0.15) is 5.82 Å². The summed E-state index contributed by atoms with van der Waals surface area (Å²) in [5, 5.41) is 13.9. The Labute approximate surface area is 201 Å². The van der Waals surface area contributed by atoms with Crippen molar-refractivity contribution >= 4 is 11.6 Å². The Hall–Kier alpha value is -2.24. The lowest BCUT2D eigenvalue weighted by Crippen LogP contribution is -2.46. The minimum Gasteiger partial charge on any atom is -0.389 e. The Balaban J connectivity index is 1.51. The molecule has 0 radical (unpaired) electrons. The summed E-state index contributed by atoms with van der Waals surface area (Å²) in [5.41, 5.74) is 5.19. The lowest BCUT2D eigenvalue weighted by Gasteiger charge is -2.28. The van der Waals surface area contributed by atoms with Crippen molar-refractivity contribution in [2.75, 3.05) is 13.2 Å². The van der Waals surface area contributed by atoms with Crippen molar-refractivity contribution in [3.8, 4) is 11.1 Å². The van der Waals surface area contributed by atoms with E-state index in [0.717, 1.165) is 16.7 Å². The summed E-state index contributed by atoms with van der Waals surface area (Å²) in [6.07, 6.45) is -0.196. The van der Waals surface area contributed by atoms with Gasteiger partial charge in [-0.05, 0) is 80.1 Å². The Morgan fingerprint density at radius 2 is 1.82 bits per heavy atom. The van der Waals surface area contributed by atoms with Crippen LogP contribution in [0, 0.1) is 12.7 Å². The van der Waals surface area contributed by atoms with Crippen LogP contribution in [0.5, 0.6) is 0 Å². The fourth-order valence-corrected chi connectivity index (χ4v) is 4.00. The van der Waals surface area contributed by atoms with Gasteiger partial charge in [-0.1, -0.05) is 60.1 Å². The van der Waals surface area contributed by atoms with Gasteiger partial charge in [-0.25, -0.2) is 4.39 Å². The number of hydrogen-bond acceptors (Lipinski definition) is 3. The SMILES string of the molecule is Cc1ccccc1-c1cccc(C(C)OC[C@H](O)CNC(C)(C)Cc2ccc(Cl)c(F)c2)c1. The van der Waals surface area contributed by atoms with Crippen LogP contribution in [0.3, 0.4) is 0 Å². The van der Waals surface area contributed by atoms with Crippen LogP contribution in [0.15, 0.2) is 66.7 Å². The molecule has 0 saturated carbocycles. The Bertz CT molecular complexity index is 1070. The lowest BCUT2D eigenvalue weighted by molar-refractivity contribution is -0.00416. The number of ether oxygens (including phenoxy) is 1. The molecular formula is C28H33ClFNO2. The molecular weight excluding hydrogens is 437 g/mol. The molecule has 0 aliphatic rings. The van der Waals surface area contributed by atoms with E-state index in [2.05, 4.69) is 36.5 Å². The van der Waals surface area contributed by atoms with Crippen molar-refractivity contribution in [1.82, 2.24) is 5.32 Å². The third-order valence-corrected chi connectivity index (χ3v) is 6.10. The molecule has 0 aliphatic carbocycles. The summed E-state index contributed by atoms with van der Waals surface area (Å²) >= 11 is 5.77. The van der Waals surface area contributed by atoms with E-state index in [4.69, 9.17) is 16.3 Å². The van der Waals surface area contributed by atoms with E-state index < -0.39 is 11.9 Å². The van der Waals surface area contributed by atoms with Crippen LogP contribution in [-0.4, -0.2) is 29.9 Å². The average molecular weight is 470 g/mol. The van der Waals surface area contributed by atoms with Crippen LogP contribution in [0.2, 0.25) is 5.02 Å². The van der Waals surface area contributed by atoms with Crippen LogP contribution in [0.1, 0.15) is 43.6 Å². The minimum atomic E-state index is -0.659. The van der Waals surface area contributed by atoms with E-state index in [-0.39, 0.29) is 23.3 Å². The first-order valence-electron chi connectivity index (χ1n) is 11.3. The van der Waals surface area contributed by atoms with E-state index in [1.807, 2.05) is 51.1 Å². The molecule has 3 aromatic carbocycles. The molecule has 0 spiro atoms. The van der Waals surface area contributed by atoms with Gasteiger partial charge >= 0.3 is 0 Å². The molecule has 33 heavy (non-hydrogen) atoms. The van der Waals surface area contributed by atoms with Crippen LogP contribution in [-0.2, 0) is 11.2 Å². The lowest BCUT2D eigenvalue weighted by atomic mass is 9.94. The van der Waals surface area contributed by atoms with E-state index in [9.17, 15) is 9.50 Å². The van der Waals surface area contributed by atoms with Crippen molar-refractivity contribution in [2.45, 2.75) is 51.9 Å². The summed E-state index contributed by atoms with van der Waals surface area (Å²) in [7, 11) is 0. The van der Waals surface area contributed by atoms with E-state index >= 15 is 0 Å². The Morgan fingerprint density at radius 3 is 2.55 bits per heavy atom. The molecule has 3 aromatic rings. The number of rotatable bonds is 10. The van der Waals surface area contributed by atoms with Gasteiger partial charge < -0.3 is 15.2 Å². The standard InChI is InChI=1S/C28H33ClFNO2/c1-19-8-5-6-11-25(19)23-10-7-9-22(15-23)20(2)33-18-24(32)17-31-28(3,4)16-21-12-13-26(29)27(30)14-21/h5-15,20,24,31-32H,16-18H2,1-4H3/t20?,24-/m1/s1. The van der Waals surface area contributed by atoms with E-state index in [0.29, 0.717) is 13.0 Å². The largest absolute Gasteiger partial charge is 0.389 e. The molecule has 0 aliphatic heterocycles. The van der Waals surface area contributed by atoms with Crippen molar-refractivity contribution in [1.29, 1.82) is 0 Å². The topological polar surface area (TPSA) is 41.5 Å². The number of benzene rings is 3. The van der Waals surface area contributed by atoms with Gasteiger partial charge in [0.05, 0.1) is 23.8 Å². The normalized spacial score (nSPS) is 13.7. The molecule has 0 bridgehead atoms. The minimum absolute atomic E-state index is 0.121. The maximum absolute atomic E-state index is 13.7. The monoisotopic (exact) mass is 469 g/mol. The van der Waals surface area contributed by atoms with Gasteiger partial charge in [0.2, 0.25) is 0 Å². The van der Waals surface area contributed by atoms with Crippen molar-refractivity contribution < 1.29 is 14.2 Å². The second-order valence-corrected chi connectivity index (χ2v) is 9.67. The fourth-order valence-electron chi connectivity index (χ4n) is 3.88. The van der Waals surface area contributed by atoms with E-state index in [1.54, 1.807) is 6.07 Å². The van der Waals surface area contributed by atoms with Crippen LogP contribution >= 0.6 is 11.6 Å². The highest BCUT2D eigenvalue weighted by molar-refractivity contribution is 6.30. The molecule has 0 heterocycles. The molecule has 5 heteroatoms. The molecule has 0 aromatic heterocycles. The molecule has 3 rings (SSSR count). The number of nitrogens with one attached hydrogen (secondary N) is 1. The average Bonchev–Trinajstić information content (AvgIpc) is 2.79. The molecule has 176 valence electrons. The number of halogens is 2. The van der Waals surface area contributed by atoms with Gasteiger partial charge in [-0.2, -0.15) is 0 Å². The second-order valence-electron chi connectivity index (χ2n) is 9.26. The van der Waals surface area contributed by atoms with E-state index in [1.165, 1.54) is 17.2 Å². The summed E-state index contributed by atoms with van der Waals surface area (Å²) in [6.45, 7) is 8.74. The van der Waals surface area contributed by atoms with Gasteiger partial charge in [0.15, 0.2) is 0 Å². The van der Waals surface area contributed by atoms with Gasteiger partial charge in [0.25, 0.3) is 0 Å². The quantitative estimate of drug-likeness (QED) is 0.356.